The summed E-state index contributed by atoms with van der Waals surface area (Å²) in [5.74, 6) is -0.249. The third-order valence-corrected chi connectivity index (χ3v) is 4.26. The van der Waals surface area contributed by atoms with Crippen LogP contribution >= 0.6 is 23.6 Å². The summed E-state index contributed by atoms with van der Waals surface area (Å²) in [6.07, 6.45) is 0.919. The Kier molecular flexibility index (Phi) is 3.24. The van der Waals surface area contributed by atoms with Crippen molar-refractivity contribution in [2.45, 2.75) is 19.4 Å². The molecule has 0 bridgehead atoms. The minimum Gasteiger partial charge on any atom is -0.330 e. The van der Waals surface area contributed by atoms with Crippen LogP contribution in [-0.2, 0) is 6.42 Å². The second kappa shape index (κ2) is 4.90. The zero-order valence-electron chi connectivity index (χ0n) is 10.4. The zero-order valence-corrected chi connectivity index (χ0v) is 12.0. The van der Waals surface area contributed by atoms with E-state index in [1.165, 1.54) is 17.7 Å². The smallest absolute Gasteiger partial charge is 0.178 e. The molecular formula is C14H13FN2S2. The fourth-order valence-electron chi connectivity index (χ4n) is 2.38. The summed E-state index contributed by atoms with van der Waals surface area (Å²) in [5, 5.41) is 4.22. The lowest BCUT2D eigenvalue weighted by molar-refractivity contribution is 0.553. The van der Waals surface area contributed by atoms with Gasteiger partial charge in [-0.1, -0.05) is 0 Å². The van der Waals surface area contributed by atoms with Gasteiger partial charge >= 0.3 is 0 Å². The monoisotopic (exact) mass is 292 g/mol. The third-order valence-electron chi connectivity index (χ3n) is 3.23. The predicted octanol–water partition coefficient (Wildman–Crippen LogP) is 4.70. The van der Waals surface area contributed by atoms with Crippen molar-refractivity contribution in [3.8, 4) is 0 Å². The maximum Gasteiger partial charge on any atom is 0.178 e. The lowest BCUT2D eigenvalue weighted by Crippen LogP contribution is -2.07. The lowest BCUT2D eigenvalue weighted by Gasteiger charge is -2.13. The van der Waals surface area contributed by atoms with Crippen molar-refractivity contribution in [3.05, 3.63) is 51.2 Å². The molecule has 0 saturated heterocycles. The van der Waals surface area contributed by atoms with E-state index in [4.69, 9.17) is 12.2 Å². The number of aromatic amines is 1. The maximum atomic E-state index is 13.2. The molecule has 2 heterocycles. The molecule has 0 amide bonds. The first-order valence-corrected chi connectivity index (χ1v) is 7.41. The van der Waals surface area contributed by atoms with Crippen molar-refractivity contribution < 1.29 is 4.39 Å². The second-order valence-corrected chi connectivity index (χ2v) is 5.81. The highest BCUT2D eigenvalue weighted by Crippen LogP contribution is 2.23. The molecule has 0 aliphatic heterocycles. The number of hydrogen-bond donors (Lipinski definition) is 1. The summed E-state index contributed by atoms with van der Waals surface area (Å²) in [4.78, 5) is 3.07. The average Bonchev–Trinajstić information content (AvgIpc) is 2.95. The van der Waals surface area contributed by atoms with E-state index >= 15 is 0 Å². The Bertz CT molecular complexity index is 755. The van der Waals surface area contributed by atoms with E-state index in [-0.39, 0.29) is 11.9 Å². The van der Waals surface area contributed by atoms with Crippen LogP contribution in [-0.4, -0.2) is 9.55 Å². The van der Waals surface area contributed by atoms with Gasteiger partial charge in [-0.25, -0.2) is 4.39 Å². The Balaban J connectivity index is 2.04. The number of aromatic nitrogens is 2. The fraction of sp³-hybridized carbons (Fsp3) is 0.214. The first-order valence-electron chi connectivity index (χ1n) is 6.06. The van der Waals surface area contributed by atoms with E-state index in [1.54, 1.807) is 17.4 Å². The number of fused-ring (bicyclic) bond motifs is 1. The number of nitrogens with one attached hydrogen (secondary N) is 1. The van der Waals surface area contributed by atoms with Crippen molar-refractivity contribution in [2.75, 3.05) is 0 Å². The van der Waals surface area contributed by atoms with E-state index in [1.807, 2.05) is 0 Å². The Labute approximate surface area is 119 Å². The number of rotatable bonds is 3. The standard InChI is InChI=1S/C14H13FN2S2/c1-9(6-10-4-5-19-8-10)17-13-3-2-11(15)7-12(13)16-14(17)18/h2-5,7-9H,6H2,1H3,(H,16,18). The molecule has 1 aromatic carbocycles. The summed E-state index contributed by atoms with van der Waals surface area (Å²) in [6, 6.07) is 7.10. The first kappa shape index (κ1) is 12.6. The number of imidazole rings is 1. The highest BCUT2D eigenvalue weighted by atomic mass is 32.1. The van der Waals surface area contributed by atoms with E-state index in [9.17, 15) is 4.39 Å². The summed E-state index contributed by atoms with van der Waals surface area (Å²) in [6.45, 7) is 2.13. The molecule has 0 saturated carbocycles. The van der Waals surface area contributed by atoms with Gasteiger partial charge < -0.3 is 9.55 Å². The van der Waals surface area contributed by atoms with Crippen LogP contribution in [0.4, 0.5) is 4.39 Å². The predicted molar refractivity (Wildman–Crippen MR) is 79.8 cm³/mol. The number of hydrogen-bond acceptors (Lipinski definition) is 2. The third kappa shape index (κ3) is 2.35. The van der Waals surface area contributed by atoms with Crippen LogP contribution in [0.25, 0.3) is 11.0 Å². The minimum atomic E-state index is -0.249. The van der Waals surface area contributed by atoms with E-state index < -0.39 is 0 Å². The molecule has 1 unspecified atom stereocenters. The number of halogens is 1. The summed E-state index contributed by atoms with van der Waals surface area (Å²) in [7, 11) is 0. The van der Waals surface area contributed by atoms with Gasteiger partial charge in [0.15, 0.2) is 4.77 Å². The summed E-state index contributed by atoms with van der Waals surface area (Å²) < 4.78 is 15.9. The van der Waals surface area contributed by atoms with E-state index in [0.29, 0.717) is 4.77 Å². The molecule has 1 atom stereocenters. The molecule has 2 nitrogen and oxygen atoms in total. The molecule has 0 aliphatic rings. The normalized spacial score (nSPS) is 12.9. The van der Waals surface area contributed by atoms with Gasteiger partial charge in [-0.3, -0.25) is 0 Å². The molecule has 0 aliphatic carbocycles. The van der Waals surface area contributed by atoms with Gasteiger partial charge in [0.05, 0.1) is 11.0 Å². The van der Waals surface area contributed by atoms with Crippen LogP contribution in [0, 0.1) is 10.6 Å². The first-order chi connectivity index (χ1) is 9.15. The lowest BCUT2D eigenvalue weighted by atomic mass is 10.1. The van der Waals surface area contributed by atoms with Gasteiger partial charge in [-0.2, -0.15) is 11.3 Å². The highest BCUT2D eigenvalue weighted by molar-refractivity contribution is 7.71. The molecule has 5 heteroatoms. The Morgan fingerprint density at radius 1 is 1.42 bits per heavy atom. The topological polar surface area (TPSA) is 20.7 Å². The Morgan fingerprint density at radius 2 is 2.26 bits per heavy atom. The Hall–Kier alpha value is -1.46. The van der Waals surface area contributed by atoms with Gasteiger partial charge in [-0.05, 0) is 66.2 Å². The summed E-state index contributed by atoms with van der Waals surface area (Å²) in [5.41, 5.74) is 3.01. The zero-order chi connectivity index (χ0) is 13.4. The van der Waals surface area contributed by atoms with E-state index in [0.717, 1.165) is 17.5 Å². The number of thiophene rings is 1. The van der Waals surface area contributed by atoms with Gasteiger partial charge in [0, 0.05) is 6.04 Å². The molecule has 0 radical (unpaired) electrons. The largest absolute Gasteiger partial charge is 0.330 e. The van der Waals surface area contributed by atoms with Crippen LogP contribution in [0.3, 0.4) is 0 Å². The molecular weight excluding hydrogens is 279 g/mol. The number of nitrogens with zero attached hydrogens (tertiary/aromatic N) is 1. The van der Waals surface area contributed by atoms with Crippen LogP contribution in [0.5, 0.6) is 0 Å². The van der Waals surface area contributed by atoms with Crippen molar-refractivity contribution in [2.24, 2.45) is 0 Å². The molecule has 2 aromatic heterocycles. The Morgan fingerprint density at radius 3 is 3.00 bits per heavy atom. The van der Waals surface area contributed by atoms with Crippen LogP contribution < -0.4 is 0 Å². The van der Waals surface area contributed by atoms with Crippen LogP contribution in [0.1, 0.15) is 18.5 Å². The molecule has 1 N–H and O–H groups in total. The van der Waals surface area contributed by atoms with Crippen molar-refractivity contribution in [1.29, 1.82) is 0 Å². The molecule has 3 aromatic rings. The van der Waals surface area contributed by atoms with Crippen LogP contribution in [0.15, 0.2) is 35.0 Å². The molecule has 98 valence electrons. The van der Waals surface area contributed by atoms with Crippen LogP contribution in [0.2, 0.25) is 0 Å². The van der Waals surface area contributed by atoms with Gasteiger partial charge in [0.1, 0.15) is 5.82 Å². The average molecular weight is 292 g/mol. The van der Waals surface area contributed by atoms with Gasteiger partial charge in [0.2, 0.25) is 0 Å². The van der Waals surface area contributed by atoms with Crippen molar-refractivity contribution >= 4 is 34.6 Å². The quantitative estimate of drug-likeness (QED) is 0.694. The molecule has 19 heavy (non-hydrogen) atoms. The van der Waals surface area contributed by atoms with Gasteiger partial charge in [-0.15, -0.1) is 0 Å². The minimum absolute atomic E-state index is 0.237. The fourth-order valence-corrected chi connectivity index (χ4v) is 3.45. The second-order valence-electron chi connectivity index (χ2n) is 4.65. The maximum absolute atomic E-state index is 13.2. The SMILES string of the molecule is CC(Cc1ccsc1)n1c(=S)[nH]c2cc(F)ccc21. The van der Waals surface area contributed by atoms with Crippen molar-refractivity contribution in [1.82, 2.24) is 9.55 Å². The van der Waals surface area contributed by atoms with E-state index in [2.05, 4.69) is 33.3 Å². The number of benzene rings is 1. The highest BCUT2D eigenvalue weighted by Gasteiger charge is 2.12. The summed E-state index contributed by atoms with van der Waals surface area (Å²) >= 11 is 7.05. The number of H-pyrrole nitrogens is 1. The molecule has 0 fully saturated rings. The molecule has 3 rings (SSSR count). The van der Waals surface area contributed by atoms with Gasteiger partial charge in [0.25, 0.3) is 0 Å². The molecule has 0 spiro atoms. The van der Waals surface area contributed by atoms with Crippen molar-refractivity contribution in [3.63, 3.8) is 0 Å².